The van der Waals surface area contributed by atoms with Crippen LogP contribution in [-0.2, 0) is 12.8 Å². The first-order valence-electron chi connectivity index (χ1n) is 9.27. The number of thiol groups is 1. The first-order valence-corrected chi connectivity index (χ1v) is 9.78. The quantitative estimate of drug-likeness (QED) is 0.518. The van der Waals surface area contributed by atoms with Crippen LogP contribution in [0.25, 0.3) is 0 Å². The molecule has 1 nitrogen and oxygen atoms in total. The molecule has 0 saturated heterocycles. The van der Waals surface area contributed by atoms with Crippen LogP contribution in [0.5, 0.6) is 11.5 Å². The Hall–Kier alpha value is -2.19. The molecule has 3 aromatic carbocycles. The Morgan fingerprint density at radius 3 is 2.54 bits per heavy atom. The van der Waals surface area contributed by atoms with Gasteiger partial charge in [-0.3, -0.25) is 0 Å². The van der Waals surface area contributed by atoms with Gasteiger partial charge in [0.2, 0.25) is 0 Å². The van der Waals surface area contributed by atoms with Crippen LogP contribution in [0.15, 0.2) is 72.8 Å². The highest BCUT2D eigenvalue weighted by molar-refractivity contribution is 7.80. The molecule has 1 aliphatic carbocycles. The van der Waals surface area contributed by atoms with Gasteiger partial charge in [-0.1, -0.05) is 48.5 Å². The lowest BCUT2D eigenvalue weighted by Gasteiger charge is -2.29. The Balaban J connectivity index is 1.42. The number of aryl methyl sites for hydroxylation is 1. The van der Waals surface area contributed by atoms with Crippen LogP contribution >= 0.6 is 12.6 Å². The summed E-state index contributed by atoms with van der Waals surface area (Å²) in [5.74, 6) is 2.43. The number of rotatable bonds is 4. The van der Waals surface area contributed by atoms with E-state index < -0.39 is 0 Å². The van der Waals surface area contributed by atoms with E-state index in [0.717, 1.165) is 30.8 Å². The average Bonchev–Trinajstić information content (AvgIpc) is 2.64. The van der Waals surface area contributed by atoms with Gasteiger partial charge in [0.15, 0.2) is 0 Å². The highest BCUT2D eigenvalue weighted by Crippen LogP contribution is 2.38. The van der Waals surface area contributed by atoms with Crippen molar-refractivity contribution in [1.29, 1.82) is 0 Å². The number of fused-ring (bicyclic) bond motifs is 1. The van der Waals surface area contributed by atoms with Crippen LogP contribution in [0.2, 0.25) is 0 Å². The normalized spacial score (nSPS) is 19.0. The van der Waals surface area contributed by atoms with Crippen LogP contribution in [-0.4, -0.2) is 0 Å². The lowest BCUT2D eigenvalue weighted by atomic mass is 9.80. The molecule has 2 unspecified atom stereocenters. The minimum absolute atomic E-state index is 0.355. The Morgan fingerprint density at radius 1 is 0.923 bits per heavy atom. The second-order valence-corrected chi connectivity index (χ2v) is 7.91. The van der Waals surface area contributed by atoms with Crippen molar-refractivity contribution in [1.82, 2.24) is 0 Å². The van der Waals surface area contributed by atoms with Crippen molar-refractivity contribution in [2.75, 3.05) is 0 Å². The fourth-order valence-corrected chi connectivity index (χ4v) is 4.43. The summed E-state index contributed by atoms with van der Waals surface area (Å²) in [5, 5.41) is 0.355. The summed E-state index contributed by atoms with van der Waals surface area (Å²) in [6, 6.07) is 25.4. The molecule has 0 bridgehead atoms. The van der Waals surface area contributed by atoms with E-state index in [2.05, 4.69) is 67.6 Å². The first-order chi connectivity index (χ1) is 12.7. The van der Waals surface area contributed by atoms with Gasteiger partial charge in [0, 0.05) is 5.25 Å². The van der Waals surface area contributed by atoms with Gasteiger partial charge in [0.25, 0.3) is 0 Å². The van der Waals surface area contributed by atoms with E-state index in [4.69, 9.17) is 17.4 Å². The van der Waals surface area contributed by atoms with Crippen LogP contribution in [0.1, 0.15) is 33.9 Å². The summed E-state index contributed by atoms with van der Waals surface area (Å²) >= 11 is 4.83. The van der Waals surface area contributed by atoms with Gasteiger partial charge < -0.3 is 4.74 Å². The van der Waals surface area contributed by atoms with Crippen molar-refractivity contribution in [3.05, 3.63) is 95.1 Å². The van der Waals surface area contributed by atoms with Gasteiger partial charge in [-0.2, -0.15) is 12.6 Å². The third kappa shape index (κ3) is 3.96. The molecule has 2 atom stereocenters. The molecule has 0 amide bonds. The van der Waals surface area contributed by atoms with Crippen molar-refractivity contribution in [3.63, 3.8) is 0 Å². The van der Waals surface area contributed by atoms with Gasteiger partial charge >= 0.3 is 0 Å². The zero-order valence-electron chi connectivity index (χ0n) is 15.1. The molecular formula is C24H24OS. The Kier molecular flexibility index (Phi) is 5.03. The summed E-state index contributed by atoms with van der Waals surface area (Å²) in [5.41, 5.74) is 5.45. The van der Waals surface area contributed by atoms with Crippen molar-refractivity contribution in [3.8, 4) is 11.5 Å². The molecule has 0 fully saturated rings. The van der Waals surface area contributed by atoms with Crippen LogP contribution in [0.3, 0.4) is 0 Å². The Bertz CT molecular complexity index is 885. The SMILES string of the molecule is Cc1cccc(Oc2ccc(CC3Cc4ccccc4C(S)C3)cc2)c1. The van der Waals surface area contributed by atoms with Crippen LogP contribution in [0.4, 0.5) is 0 Å². The van der Waals surface area contributed by atoms with Crippen molar-refractivity contribution >= 4 is 12.6 Å². The van der Waals surface area contributed by atoms with E-state index in [-0.39, 0.29) is 0 Å². The second-order valence-electron chi connectivity index (χ2n) is 7.29. The molecule has 4 rings (SSSR count). The molecule has 0 heterocycles. The topological polar surface area (TPSA) is 9.23 Å². The minimum atomic E-state index is 0.355. The summed E-state index contributed by atoms with van der Waals surface area (Å²) in [4.78, 5) is 0. The van der Waals surface area contributed by atoms with Crippen molar-refractivity contribution in [2.45, 2.75) is 31.4 Å². The molecule has 0 radical (unpaired) electrons. The highest BCUT2D eigenvalue weighted by atomic mass is 32.1. The molecule has 0 saturated carbocycles. The fraction of sp³-hybridized carbons (Fsp3) is 0.250. The molecular weight excluding hydrogens is 336 g/mol. The third-order valence-corrected chi connectivity index (χ3v) is 5.64. The Labute approximate surface area is 161 Å². The zero-order valence-corrected chi connectivity index (χ0v) is 16.0. The molecule has 2 heteroatoms. The van der Waals surface area contributed by atoms with E-state index in [9.17, 15) is 0 Å². The molecule has 0 aliphatic heterocycles. The van der Waals surface area contributed by atoms with E-state index in [0.29, 0.717) is 11.2 Å². The second kappa shape index (κ2) is 7.59. The fourth-order valence-electron chi connectivity index (χ4n) is 3.88. The van der Waals surface area contributed by atoms with E-state index >= 15 is 0 Å². The number of ether oxygens (including phenoxy) is 1. The smallest absolute Gasteiger partial charge is 0.127 e. The maximum atomic E-state index is 5.96. The number of hydrogen-bond donors (Lipinski definition) is 1. The van der Waals surface area contributed by atoms with Crippen LogP contribution < -0.4 is 4.74 Å². The first kappa shape index (κ1) is 17.2. The predicted octanol–water partition coefficient (Wildman–Crippen LogP) is 6.56. The van der Waals surface area contributed by atoms with E-state index in [1.54, 1.807) is 0 Å². The van der Waals surface area contributed by atoms with Crippen LogP contribution in [0, 0.1) is 12.8 Å². The average molecular weight is 361 g/mol. The lowest BCUT2D eigenvalue weighted by molar-refractivity contribution is 0.451. The molecule has 3 aromatic rings. The third-order valence-electron chi connectivity index (χ3n) is 5.15. The minimum Gasteiger partial charge on any atom is -0.457 e. The van der Waals surface area contributed by atoms with Gasteiger partial charge in [0.1, 0.15) is 11.5 Å². The molecule has 0 N–H and O–H groups in total. The van der Waals surface area contributed by atoms with E-state index in [1.807, 2.05) is 12.1 Å². The maximum absolute atomic E-state index is 5.96. The number of hydrogen-bond acceptors (Lipinski definition) is 2. The Morgan fingerprint density at radius 2 is 1.73 bits per heavy atom. The molecule has 132 valence electrons. The van der Waals surface area contributed by atoms with Crippen molar-refractivity contribution < 1.29 is 4.74 Å². The summed E-state index contributed by atoms with van der Waals surface area (Å²) in [6.07, 6.45) is 3.38. The summed E-state index contributed by atoms with van der Waals surface area (Å²) in [6.45, 7) is 2.08. The molecule has 1 aliphatic rings. The largest absolute Gasteiger partial charge is 0.457 e. The highest BCUT2D eigenvalue weighted by Gasteiger charge is 2.24. The number of benzene rings is 3. The molecule has 0 aromatic heterocycles. The zero-order chi connectivity index (χ0) is 17.9. The molecule has 26 heavy (non-hydrogen) atoms. The van der Waals surface area contributed by atoms with E-state index in [1.165, 1.54) is 22.3 Å². The monoisotopic (exact) mass is 360 g/mol. The predicted molar refractivity (Wildman–Crippen MR) is 111 cm³/mol. The maximum Gasteiger partial charge on any atom is 0.127 e. The lowest BCUT2D eigenvalue weighted by Crippen LogP contribution is -2.18. The van der Waals surface area contributed by atoms with Gasteiger partial charge in [-0.15, -0.1) is 0 Å². The van der Waals surface area contributed by atoms with Gasteiger partial charge in [-0.05, 0) is 78.6 Å². The van der Waals surface area contributed by atoms with Crippen molar-refractivity contribution in [2.24, 2.45) is 5.92 Å². The standard InChI is InChI=1S/C24H24OS/c1-17-5-4-7-22(13-17)25-21-11-9-18(10-12-21)14-19-15-20-6-2-3-8-23(20)24(26)16-19/h2-13,19,24,26H,14-16H2,1H3. The van der Waals surface area contributed by atoms with Gasteiger partial charge in [0.05, 0.1) is 0 Å². The summed E-state index contributed by atoms with van der Waals surface area (Å²) in [7, 11) is 0. The van der Waals surface area contributed by atoms with Gasteiger partial charge in [-0.25, -0.2) is 0 Å². The summed E-state index contributed by atoms with van der Waals surface area (Å²) < 4.78 is 5.96. The molecule has 0 spiro atoms.